The van der Waals surface area contributed by atoms with Crippen LogP contribution in [0.3, 0.4) is 0 Å². The summed E-state index contributed by atoms with van der Waals surface area (Å²) in [5, 5.41) is 40.4. The molecular formula is C48H86CaO12. The fourth-order valence-corrected chi connectivity index (χ4v) is 7.25. The average molecular weight is 895 g/mol. The average Bonchev–Trinajstić information content (AvgIpc) is 3.20. The number of hydrogen-bond donors (Lipinski definition) is 2. The molecule has 0 aromatic carbocycles. The van der Waals surface area contributed by atoms with Crippen molar-refractivity contribution in [3.05, 3.63) is 0 Å². The van der Waals surface area contributed by atoms with Crippen LogP contribution >= 0.6 is 0 Å². The number of hydrogen-bond acceptors (Lipinski definition) is 10. The Hall–Kier alpha value is -1.92. The van der Waals surface area contributed by atoms with E-state index in [1.807, 2.05) is 0 Å². The summed E-state index contributed by atoms with van der Waals surface area (Å²) < 4.78 is 9.60. The summed E-state index contributed by atoms with van der Waals surface area (Å²) in [6.07, 6.45) is 32.2. The van der Waals surface area contributed by atoms with E-state index in [-0.39, 0.29) is 37.7 Å². The van der Waals surface area contributed by atoms with Gasteiger partial charge in [-0.3, -0.25) is 9.59 Å². The van der Waals surface area contributed by atoms with Crippen LogP contribution in [0, 0.1) is 23.7 Å². The van der Waals surface area contributed by atoms with Crippen molar-refractivity contribution < 1.29 is 58.7 Å². The minimum atomic E-state index is -1.29. The van der Waals surface area contributed by atoms with Crippen molar-refractivity contribution in [2.45, 2.75) is 246 Å². The molecule has 0 aliphatic rings. The van der Waals surface area contributed by atoms with Gasteiger partial charge < -0.3 is 39.5 Å². The van der Waals surface area contributed by atoms with Crippen molar-refractivity contribution in [3.8, 4) is 0 Å². The second-order valence-electron chi connectivity index (χ2n) is 17.0. The third-order valence-corrected chi connectivity index (χ3v) is 11.6. The van der Waals surface area contributed by atoms with Crippen LogP contribution < -0.4 is 10.2 Å². The number of esters is 2. The van der Waals surface area contributed by atoms with Crippen molar-refractivity contribution in [3.63, 3.8) is 0 Å². The zero-order valence-electron chi connectivity index (χ0n) is 39.4. The Morgan fingerprint density at radius 2 is 0.590 bits per heavy atom. The molecule has 13 heteroatoms. The summed E-state index contributed by atoms with van der Waals surface area (Å²) in [5.74, 6) is -10.4. The third-order valence-electron chi connectivity index (χ3n) is 11.6. The van der Waals surface area contributed by atoms with Gasteiger partial charge in [0.1, 0.15) is 0 Å². The second kappa shape index (κ2) is 43.3. The fraction of sp³-hybridized carbons (Fsp3) is 0.875. The topological polar surface area (TPSA) is 207 Å². The van der Waals surface area contributed by atoms with Gasteiger partial charge in [-0.2, -0.15) is 0 Å². The molecule has 0 saturated carbocycles. The molecule has 0 aromatic rings. The van der Waals surface area contributed by atoms with E-state index < -0.39 is 71.7 Å². The van der Waals surface area contributed by atoms with Crippen LogP contribution in [0.5, 0.6) is 0 Å². The second-order valence-corrected chi connectivity index (χ2v) is 17.0. The molecule has 0 fully saturated rings. The molecule has 0 rings (SSSR count). The predicted molar refractivity (Wildman–Crippen MR) is 237 cm³/mol. The van der Waals surface area contributed by atoms with Gasteiger partial charge >= 0.3 is 61.6 Å². The van der Waals surface area contributed by atoms with Crippen molar-refractivity contribution in [2.75, 3.05) is 0 Å². The molecule has 0 spiro atoms. The van der Waals surface area contributed by atoms with Gasteiger partial charge in [0.15, 0.2) is 12.2 Å². The molecule has 0 bridgehead atoms. The molecule has 0 amide bonds. The quantitative estimate of drug-likeness (QED) is 0.0335. The molecule has 0 radical (unpaired) electrons. The fourth-order valence-electron chi connectivity index (χ4n) is 7.25. The van der Waals surface area contributed by atoms with E-state index in [1.165, 1.54) is 156 Å². The molecule has 61 heavy (non-hydrogen) atoms. The van der Waals surface area contributed by atoms with E-state index in [4.69, 9.17) is 19.7 Å². The monoisotopic (exact) mass is 895 g/mol. The van der Waals surface area contributed by atoms with Gasteiger partial charge in [0.2, 0.25) is 0 Å². The minimum Gasteiger partial charge on any atom is -0.550 e. The number of carbonyl (C=O) groups is 6. The van der Waals surface area contributed by atoms with E-state index in [0.29, 0.717) is 25.7 Å². The van der Waals surface area contributed by atoms with Gasteiger partial charge in [0.05, 0.1) is 11.8 Å². The molecular weight excluding hydrogens is 809 g/mol. The van der Waals surface area contributed by atoms with Crippen LogP contribution in [0.15, 0.2) is 0 Å². The summed E-state index contributed by atoms with van der Waals surface area (Å²) in [4.78, 5) is 68.3. The van der Waals surface area contributed by atoms with Crippen molar-refractivity contribution in [2.24, 2.45) is 23.7 Å². The largest absolute Gasteiger partial charge is 2.00 e. The van der Waals surface area contributed by atoms with Gasteiger partial charge in [-0.1, -0.05) is 207 Å². The molecule has 0 aliphatic heterocycles. The first kappa shape index (κ1) is 63.4. The summed E-state index contributed by atoms with van der Waals surface area (Å²) >= 11 is 0. The number of carboxylic acids is 4. The van der Waals surface area contributed by atoms with Crippen LogP contribution in [-0.2, 0) is 38.2 Å². The SMILES string of the molecule is CCCCCCCCCCCCCCCCC(C(=O)[O-])C(C)C(=O)OC(C)C(=O)O.CCCCCCCCCCCCCCCCC(C(=O)[O-])C(C)C(=O)OC(C)C(=O)O.[Ca+2]. The normalized spacial score (nSPS) is 13.9. The Balaban J connectivity index is -0.00000109. The van der Waals surface area contributed by atoms with Crippen LogP contribution in [0.1, 0.15) is 234 Å². The van der Waals surface area contributed by atoms with Crippen molar-refractivity contribution in [1.82, 2.24) is 0 Å². The van der Waals surface area contributed by atoms with Gasteiger partial charge in [-0.15, -0.1) is 0 Å². The van der Waals surface area contributed by atoms with Gasteiger partial charge in [0, 0.05) is 23.8 Å². The summed E-state index contributed by atoms with van der Waals surface area (Å²) in [6, 6.07) is 0. The Morgan fingerprint density at radius 3 is 0.770 bits per heavy atom. The summed E-state index contributed by atoms with van der Waals surface area (Å²) in [7, 11) is 0. The summed E-state index contributed by atoms with van der Waals surface area (Å²) in [5.41, 5.74) is 0. The van der Waals surface area contributed by atoms with E-state index in [0.717, 1.165) is 38.5 Å². The minimum absolute atomic E-state index is 0. The molecule has 0 saturated heterocycles. The number of aliphatic carboxylic acids is 4. The summed E-state index contributed by atoms with van der Waals surface area (Å²) in [6.45, 7) is 9.89. The molecule has 2 N–H and O–H groups in total. The number of unbranched alkanes of at least 4 members (excludes halogenated alkanes) is 26. The predicted octanol–water partition coefficient (Wildman–Crippen LogP) is 9.37. The molecule has 352 valence electrons. The van der Waals surface area contributed by atoms with Crippen molar-refractivity contribution >= 4 is 73.6 Å². The maximum atomic E-state index is 12.0. The van der Waals surface area contributed by atoms with Crippen LogP contribution in [0.4, 0.5) is 0 Å². The van der Waals surface area contributed by atoms with E-state index in [1.54, 1.807) is 0 Å². The molecule has 0 heterocycles. The van der Waals surface area contributed by atoms with Crippen LogP contribution in [0.2, 0.25) is 0 Å². The van der Waals surface area contributed by atoms with E-state index in [2.05, 4.69) is 13.8 Å². The maximum Gasteiger partial charge on any atom is 2.00 e. The van der Waals surface area contributed by atoms with Crippen molar-refractivity contribution in [1.29, 1.82) is 0 Å². The Labute approximate surface area is 399 Å². The molecule has 0 aliphatic carbocycles. The Morgan fingerprint density at radius 1 is 0.393 bits per heavy atom. The molecule has 6 atom stereocenters. The third kappa shape index (κ3) is 37.2. The molecule has 12 nitrogen and oxygen atoms in total. The first-order valence-electron chi connectivity index (χ1n) is 23.9. The van der Waals surface area contributed by atoms with E-state index >= 15 is 0 Å². The van der Waals surface area contributed by atoms with Gasteiger partial charge in [-0.25, -0.2) is 9.59 Å². The number of rotatable bonds is 40. The first-order chi connectivity index (χ1) is 28.6. The Kier molecular flexibility index (Phi) is 45.0. The molecule has 0 aromatic heterocycles. The van der Waals surface area contributed by atoms with Gasteiger partial charge in [0.25, 0.3) is 0 Å². The zero-order valence-corrected chi connectivity index (χ0v) is 41.6. The van der Waals surface area contributed by atoms with Crippen LogP contribution in [0.25, 0.3) is 0 Å². The zero-order chi connectivity index (χ0) is 45.6. The first-order valence-corrected chi connectivity index (χ1v) is 23.9. The number of ether oxygens (including phenoxy) is 2. The van der Waals surface area contributed by atoms with Crippen LogP contribution in [-0.4, -0.2) is 96.0 Å². The van der Waals surface area contributed by atoms with Gasteiger partial charge in [-0.05, 0) is 26.7 Å². The smallest absolute Gasteiger partial charge is 0.550 e. The maximum absolute atomic E-state index is 12.0. The van der Waals surface area contributed by atoms with E-state index in [9.17, 15) is 39.0 Å². The number of carboxylic acid groups (broad SMARTS) is 4. The molecule has 6 unspecified atom stereocenters. The Bertz CT molecular complexity index is 1050. The number of carbonyl (C=O) groups excluding carboxylic acids is 4. The standard InChI is InChI=1S/2C24H44O6.Ca/c2*1-4-5-6-7-8-9-10-11-12-13-14-15-16-17-18-21(23(27)28)19(2)24(29)30-20(3)22(25)26;/h2*19-21H,4-18H2,1-3H3,(H,25,26)(H,27,28);/q;;+2/p-2.